The first kappa shape index (κ1) is 22.9. The Morgan fingerprint density at radius 3 is 2.75 bits per heavy atom. The zero-order valence-electron chi connectivity index (χ0n) is 17.9. The molecule has 0 bridgehead atoms. The Hall–Kier alpha value is -3.79. The van der Waals surface area contributed by atoms with E-state index in [0.29, 0.717) is 23.1 Å². The predicted molar refractivity (Wildman–Crippen MR) is 125 cm³/mol. The van der Waals surface area contributed by atoms with Crippen molar-refractivity contribution in [3.05, 3.63) is 60.8 Å². The van der Waals surface area contributed by atoms with E-state index in [1.54, 1.807) is 30.5 Å². The normalized spacial score (nSPS) is 15.0. The summed E-state index contributed by atoms with van der Waals surface area (Å²) in [6, 6.07) is 7.11. The molecular formula is C22H27FN8O. The average molecular weight is 439 g/mol. The van der Waals surface area contributed by atoms with Gasteiger partial charge in [-0.05, 0) is 57.3 Å². The first-order chi connectivity index (χ1) is 15.5. The van der Waals surface area contributed by atoms with Crippen molar-refractivity contribution in [2.24, 2.45) is 0 Å². The van der Waals surface area contributed by atoms with Crippen molar-refractivity contribution in [2.45, 2.75) is 18.9 Å². The van der Waals surface area contributed by atoms with E-state index in [2.05, 4.69) is 49.8 Å². The van der Waals surface area contributed by atoms with Gasteiger partial charge in [-0.3, -0.25) is 4.79 Å². The smallest absolute Gasteiger partial charge is 0.247 e. The van der Waals surface area contributed by atoms with Crippen LogP contribution < -0.4 is 21.3 Å². The zero-order valence-corrected chi connectivity index (χ0v) is 17.9. The highest BCUT2D eigenvalue weighted by Crippen LogP contribution is 2.22. The maximum Gasteiger partial charge on any atom is 0.247 e. The number of nitrogens with one attached hydrogen (secondary N) is 5. The molecule has 10 heteroatoms. The highest BCUT2D eigenvalue weighted by Gasteiger charge is 2.15. The second kappa shape index (κ2) is 11.0. The van der Waals surface area contributed by atoms with Crippen molar-refractivity contribution < 1.29 is 9.18 Å². The molecule has 32 heavy (non-hydrogen) atoms. The minimum absolute atomic E-state index is 0.0395. The van der Waals surface area contributed by atoms with E-state index in [1.807, 2.05) is 0 Å². The molecule has 0 atom stereocenters. The lowest BCUT2D eigenvalue weighted by Gasteiger charge is -2.29. The number of allylic oxidation sites excluding steroid dienone is 1. The van der Waals surface area contributed by atoms with Gasteiger partial charge in [-0.25, -0.2) is 9.37 Å². The number of aromatic nitrogens is 2. The van der Waals surface area contributed by atoms with Crippen molar-refractivity contribution in [1.29, 1.82) is 5.41 Å². The van der Waals surface area contributed by atoms with Crippen LogP contribution in [0.1, 0.15) is 12.8 Å². The summed E-state index contributed by atoms with van der Waals surface area (Å²) < 4.78 is 14.3. The number of carbonyl (C=O) groups excluding carboxylic acids is 1. The molecule has 9 nitrogen and oxygen atoms in total. The largest absolute Gasteiger partial charge is 0.386 e. The van der Waals surface area contributed by atoms with Gasteiger partial charge in [0.05, 0.1) is 11.9 Å². The number of piperidine rings is 1. The fraction of sp³-hybridized carbons (Fsp3) is 0.273. The molecule has 1 aliphatic heterocycles. The maximum atomic E-state index is 14.3. The summed E-state index contributed by atoms with van der Waals surface area (Å²) >= 11 is 0. The van der Waals surface area contributed by atoms with E-state index in [-0.39, 0.29) is 17.7 Å². The van der Waals surface area contributed by atoms with Gasteiger partial charge in [0.2, 0.25) is 11.9 Å². The molecular weight excluding hydrogens is 411 g/mol. The Balaban J connectivity index is 1.67. The number of hydrogen-bond donors (Lipinski definition) is 5. The van der Waals surface area contributed by atoms with Crippen LogP contribution in [0.15, 0.2) is 55.0 Å². The number of likely N-dealkylation sites (tertiary alicyclic amines) is 1. The molecule has 1 amide bonds. The number of rotatable bonds is 9. The molecule has 2 aromatic rings. The molecule has 3 rings (SSSR count). The Bertz CT molecular complexity index is 1000. The molecule has 0 saturated carbocycles. The Morgan fingerprint density at radius 1 is 1.28 bits per heavy atom. The second-order valence-corrected chi connectivity index (χ2v) is 7.40. The van der Waals surface area contributed by atoms with E-state index in [0.717, 1.165) is 44.4 Å². The number of carbonyl (C=O) groups is 1. The van der Waals surface area contributed by atoms with Gasteiger partial charge in [-0.1, -0.05) is 12.6 Å². The topological polar surface area (TPSA) is 118 Å². The van der Waals surface area contributed by atoms with Gasteiger partial charge < -0.3 is 31.6 Å². The highest BCUT2D eigenvalue weighted by atomic mass is 19.1. The first-order valence-electron chi connectivity index (χ1n) is 10.2. The Labute approximate surface area is 186 Å². The van der Waals surface area contributed by atoms with E-state index in [1.165, 1.54) is 0 Å². The summed E-state index contributed by atoms with van der Waals surface area (Å²) in [7, 11) is 2.10. The highest BCUT2D eigenvalue weighted by molar-refractivity contribution is 5.99. The molecule has 1 aromatic heterocycles. The van der Waals surface area contributed by atoms with Crippen molar-refractivity contribution in [1.82, 2.24) is 20.2 Å². The number of nitrogens with zero attached hydrogens (tertiary/aromatic N) is 3. The number of amides is 1. The first-order valence-corrected chi connectivity index (χ1v) is 10.2. The van der Waals surface area contributed by atoms with Crippen molar-refractivity contribution in [3.63, 3.8) is 0 Å². The summed E-state index contributed by atoms with van der Waals surface area (Å²) in [5.74, 6) is -0.880. The second-order valence-electron chi connectivity index (χ2n) is 7.40. The molecule has 1 aromatic carbocycles. The van der Waals surface area contributed by atoms with Gasteiger partial charge >= 0.3 is 0 Å². The Kier molecular flexibility index (Phi) is 7.87. The molecule has 1 aliphatic rings. The average Bonchev–Trinajstić information content (AvgIpc) is 2.80. The SMILES string of the molecule is C=CC(=O)Nc1cccc(Nc2nc(N/C(C=N)=C/NC3CCN(C)CC3)ncc2F)c1. The molecule has 168 valence electrons. The zero-order chi connectivity index (χ0) is 22.9. The van der Waals surface area contributed by atoms with Gasteiger partial charge in [-0.2, -0.15) is 4.98 Å². The fourth-order valence-electron chi connectivity index (χ4n) is 3.15. The van der Waals surface area contributed by atoms with E-state index >= 15 is 0 Å². The molecule has 0 unspecified atom stereocenters. The molecule has 0 spiro atoms. The summed E-state index contributed by atoms with van der Waals surface area (Å²) in [5.41, 5.74) is 1.51. The van der Waals surface area contributed by atoms with Crippen molar-refractivity contribution in [3.8, 4) is 0 Å². The lowest BCUT2D eigenvalue weighted by molar-refractivity contribution is -0.111. The molecule has 0 radical (unpaired) electrons. The van der Waals surface area contributed by atoms with Gasteiger partial charge in [0.15, 0.2) is 11.6 Å². The Morgan fingerprint density at radius 2 is 2.03 bits per heavy atom. The lowest BCUT2D eigenvalue weighted by Crippen LogP contribution is -2.39. The van der Waals surface area contributed by atoms with Crippen molar-refractivity contribution in [2.75, 3.05) is 36.1 Å². The molecule has 2 heterocycles. The van der Waals surface area contributed by atoms with E-state index in [4.69, 9.17) is 5.41 Å². The van der Waals surface area contributed by atoms with Gasteiger partial charge in [0.25, 0.3) is 0 Å². The number of hydrogen-bond acceptors (Lipinski definition) is 8. The van der Waals surface area contributed by atoms with Crippen LogP contribution in [0.5, 0.6) is 0 Å². The minimum Gasteiger partial charge on any atom is -0.386 e. The van der Waals surface area contributed by atoms with Crippen LogP contribution in [0.4, 0.5) is 27.5 Å². The number of halogens is 1. The fourth-order valence-corrected chi connectivity index (χ4v) is 3.15. The standard InChI is InChI=1S/C22H27FN8O/c1-3-20(32)27-16-5-4-6-17(11-16)28-21-19(23)14-26-22(30-21)29-18(12-24)13-25-15-7-9-31(2)10-8-15/h3-6,11-15,24-25H,1,7-10H2,2H3,(H,27,32)(H2,26,28,29,30)/b18-13+,24-12?. The third kappa shape index (κ3) is 6.61. The molecule has 0 aliphatic carbocycles. The van der Waals surface area contributed by atoms with Gasteiger partial charge in [-0.15, -0.1) is 0 Å². The monoisotopic (exact) mass is 438 g/mol. The van der Waals surface area contributed by atoms with Crippen LogP contribution in [0.3, 0.4) is 0 Å². The van der Waals surface area contributed by atoms with Crippen LogP contribution in [-0.2, 0) is 4.79 Å². The number of benzene rings is 1. The number of anilines is 4. The summed E-state index contributed by atoms with van der Waals surface area (Å²) in [6.07, 6.45) is 7.12. The van der Waals surface area contributed by atoms with Crippen LogP contribution in [0.25, 0.3) is 0 Å². The lowest BCUT2D eigenvalue weighted by atomic mass is 10.1. The van der Waals surface area contributed by atoms with Gasteiger partial charge in [0.1, 0.15) is 0 Å². The predicted octanol–water partition coefficient (Wildman–Crippen LogP) is 3.07. The van der Waals surface area contributed by atoms with E-state index in [9.17, 15) is 9.18 Å². The van der Waals surface area contributed by atoms with Crippen LogP contribution in [-0.4, -0.2) is 53.2 Å². The molecule has 1 saturated heterocycles. The quantitative estimate of drug-likeness (QED) is 0.302. The van der Waals surface area contributed by atoms with Crippen LogP contribution in [0.2, 0.25) is 0 Å². The summed E-state index contributed by atoms with van der Waals surface area (Å²) in [5, 5.41) is 19.4. The van der Waals surface area contributed by atoms with Crippen LogP contribution >= 0.6 is 0 Å². The summed E-state index contributed by atoms with van der Waals surface area (Å²) in [4.78, 5) is 21.9. The maximum absolute atomic E-state index is 14.3. The van der Waals surface area contributed by atoms with Crippen molar-refractivity contribution >= 4 is 35.3 Å². The van der Waals surface area contributed by atoms with E-state index < -0.39 is 5.82 Å². The third-order valence-corrected chi connectivity index (χ3v) is 4.93. The van der Waals surface area contributed by atoms with Crippen LogP contribution in [0, 0.1) is 11.2 Å². The third-order valence-electron chi connectivity index (χ3n) is 4.93. The molecule has 5 N–H and O–H groups in total. The molecule has 1 fully saturated rings. The van der Waals surface area contributed by atoms with Gasteiger partial charge in [0, 0.05) is 29.8 Å². The summed E-state index contributed by atoms with van der Waals surface area (Å²) in [6.45, 7) is 5.46. The minimum atomic E-state index is -0.638.